The van der Waals surface area contributed by atoms with Crippen molar-refractivity contribution >= 4 is 39.3 Å². The van der Waals surface area contributed by atoms with Crippen molar-refractivity contribution in [2.24, 2.45) is 0 Å². The van der Waals surface area contributed by atoms with Crippen molar-refractivity contribution in [3.05, 3.63) is 95.6 Å². The number of nitrogens with one attached hydrogen (secondary N) is 3. The average Bonchev–Trinajstić information content (AvgIpc) is 2.88. The largest absolute Gasteiger partial charge is 0.480 e. The van der Waals surface area contributed by atoms with Crippen LogP contribution in [-0.2, 0) is 19.6 Å². The van der Waals surface area contributed by atoms with E-state index in [1.165, 1.54) is 62.4 Å². The molecule has 0 aromatic heterocycles. The zero-order valence-electron chi connectivity index (χ0n) is 20.0. The minimum absolute atomic E-state index is 0.0420. The molecule has 10 nitrogen and oxygen atoms in total. The van der Waals surface area contributed by atoms with Crippen molar-refractivity contribution in [3.8, 4) is 0 Å². The molecule has 11 heteroatoms. The summed E-state index contributed by atoms with van der Waals surface area (Å²) in [7, 11) is -4.05. The van der Waals surface area contributed by atoms with E-state index in [0.717, 1.165) is 0 Å². The van der Waals surface area contributed by atoms with Gasteiger partial charge in [0.1, 0.15) is 12.1 Å². The van der Waals surface area contributed by atoms with Gasteiger partial charge in [-0.2, -0.15) is 0 Å². The number of amides is 2. The van der Waals surface area contributed by atoms with Gasteiger partial charge >= 0.3 is 5.97 Å². The van der Waals surface area contributed by atoms with E-state index in [1.807, 2.05) is 4.72 Å². The molecule has 0 spiro atoms. The third-order valence-corrected chi connectivity index (χ3v) is 6.70. The van der Waals surface area contributed by atoms with E-state index in [-0.39, 0.29) is 21.6 Å². The van der Waals surface area contributed by atoms with Crippen LogP contribution in [0, 0.1) is 0 Å². The minimum atomic E-state index is -4.05. The van der Waals surface area contributed by atoms with Crippen molar-refractivity contribution in [1.82, 2.24) is 10.0 Å². The molecule has 0 radical (unpaired) electrons. The van der Waals surface area contributed by atoms with Gasteiger partial charge in [-0.15, -0.1) is 0 Å². The second-order valence-corrected chi connectivity index (χ2v) is 9.82. The number of carbonyl (C=O) groups is 4. The van der Waals surface area contributed by atoms with Crippen LogP contribution in [0.3, 0.4) is 0 Å². The van der Waals surface area contributed by atoms with E-state index in [0.29, 0.717) is 5.69 Å². The number of anilines is 1. The predicted molar refractivity (Wildman–Crippen MR) is 136 cm³/mol. The first-order valence-corrected chi connectivity index (χ1v) is 12.6. The summed E-state index contributed by atoms with van der Waals surface area (Å²) in [6.07, 6.45) is 0. The fourth-order valence-corrected chi connectivity index (χ4v) is 4.27. The fraction of sp³-hybridized carbons (Fsp3) is 0.154. The summed E-state index contributed by atoms with van der Waals surface area (Å²) in [6.45, 7) is 2.87. The average molecular weight is 524 g/mol. The number of sulfonamides is 1. The number of para-hydroxylation sites is 1. The minimum Gasteiger partial charge on any atom is -0.480 e. The zero-order valence-corrected chi connectivity index (χ0v) is 20.8. The second-order valence-electron chi connectivity index (χ2n) is 8.13. The van der Waals surface area contributed by atoms with Crippen LogP contribution in [0.1, 0.15) is 40.1 Å². The first-order chi connectivity index (χ1) is 17.5. The summed E-state index contributed by atoms with van der Waals surface area (Å²) in [5.41, 5.74) is 0.875. The summed E-state index contributed by atoms with van der Waals surface area (Å²) < 4.78 is 26.8. The van der Waals surface area contributed by atoms with Gasteiger partial charge in [0.05, 0.1) is 4.90 Å². The number of hydrogen-bond donors (Lipinski definition) is 4. The van der Waals surface area contributed by atoms with Gasteiger partial charge in [-0.1, -0.05) is 42.5 Å². The lowest BCUT2D eigenvalue weighted by atomic mass is 10.00. The molecule has 0 aliphatic heterocycles. The molecular weight excluding hydrogens is 498 g/mol. The smallest absolute Gasteiger partial charge is 0.325 e. The number of carbonyl (C=O) groups excluding carboxylic acids is 3. The number of benzene rings is 3. The lowest BCUT2D eigenvalue weighted by molar-refractivity contribution is -0.141. The summed E-state index contributed by atoms with van der Waals surface area (Å²) in [5, 5.41) is 14.2. The maximum absolute atomic E-state index is 13.2. The molecule has 192 valence electrons. The van der Waals surface area contributed by atoms with E-state index in [4.69, 9.17) is 5.11 Å². The summed E-state index contributed by atoms with van der Waals surface area (Å²) >= 11 is 0. The summed E-state index contributed by atoms with van der Waals surface area (Å²) in [4.78, 5) is 48.9. The Morgan fingerprint density at radius 2 is 1.32 bits per heavy atom. The Bertz CT molecular complexity index is 1420. The molecule has 1 unspecified atom stereocenters. The van der Waals surface area contributed by atoms with Crippen molar-refractivity contribution in [1.29, 1.82) is 0 Å². The second kappa shape index (κ2) is 11.5. The number of hydrogen-bond acceptors (Lipinski definition) is 7. The van der Waals surface area contributed by atoms with Gasteiger partial charge in [0.15, 0.2) is 5.78 Å². The zero-order chi connectivity index (χ0) is 27.2. The quantitative estimate of drug-likeness (QED) is 0.295. The van der Waals surface area contributed by atoms with Gasteiger partial charge in [-0.3, -0.25) is 19.2 Å². The molecule has 0 saturated carbocycles. The highest BCUT2D eigenvalue weighted by Gasteiger charge is 2.22. The van der Waals surface area contributed by atoms with E-state index in [9.17, 15) is 27.6 Å². The number of carboxylic acid groups (broad SMARTS) is 1. The molecule has 2 amide bonds. The van der Waals surface area contributed by atoms with Crippen LogP contribution < -0.4 is 15.4 Å². The SMILES string of the molecule is CC(Nc1ccccc1C(=O)c1ccc(C(=O)NS(=O)(=O)c2ccccc2)cc1)C(=O)N[C@@H](C)C(=O)O. The van der Waals surface area contributed by atoms with Crippen molar-refractivity contribution in [3.63, 3.8) is 0 Å². The van der Waals surface area contributed by atoms with Crippen LogP contribution in [0.25, 0.3) is 0 Å². The fourth-order valence-electron chi connectivity index (χ4n) is 3.27. The van der Waals surface area contributed by atoms with E-state index in [2.05, 4.69) is 10.6 Å². The van der Waals surface area contributed by atoms with E-state index < -0.39 is 45.7 Å². The van der Waals surface area contributed by atoms with Gasteiger partial charge in [0.2, 0.25) is 5.91 Å². The Morgan fingerprint density at radius 3 is 1.95 bits per heavy atom. The molecule has 0 bridgehead atoms. The van der Waals surface area contributed by atoms with Crippen LogP contribution in [0.5, 0.6) is 0 Å². The number of aliphatic carboxylic acids is 1. The van der Waals surface area contributed by atoms with Gasteiger partial charge in [0.25, 0.3) is 15.9 Å². The highest BCUT2D eigenvalue weighted by molar-refractivity contribution is 7.90. The van der Waals surface area contributed by atoms with Crippen LogP contribution in [0.4, 0.5) is 5.69 Å². The number of ketones is 1. The molecule has 4 N–H and O–H groups in total. The van der Waals surface area contributed by atoms with Crippen LogP contribution in [0.15, 0.2) is 83.8 Å². The lowest BCUT2D eigenvalue weighted by Gasteiger charge is -2.19. The van der Waals surface area contributed by atoms with Gasteiger partial charge in [-0.05, 0) is 50.2 Å². The Kier molecular flexibility index (Phi) is 8.41. The maximum Gasteiger partial charge on any atom is 0.325 e. The van der Waals surface area contributed by atoms with Crippen molar-refractivity contribution in [2.75, 3.05) is 5.32 Å². The van der Waals surface area contributed by atoms with Gasteiger partial charge in [0, 0.05) is 22.4 Å². The standard InChI is InChI=1S/C26H25N3O7S/c1-16(24(31)28-17(2)26(33)34)27-22-11-7-6-10-21(22)23(30)18-12-14-19(15-13-18)25(32)29-37(35,36)20-8-4-3-5-9-20/h3-17,27H,1-2H3,(H,28,31)(H,29,32)(H,33,34)/t16?,17-/m0/s1. The molecule has 0 fully saturated rings. The molecule has 0 saturated heterocycles. The molecule has 0 aliphatic rings. The van der Waals surface area contributed by atoms with Crippen LogP contribution in [0.2, 0.25) is 0 Å². The molecule has 3 aromatic carbocycles. The molecule has 2 atom stereocenters. The number of carboxylic acids is 1. The van der Waals surface area contributed by atoms with Gasteiger partial charge in [-0.25, -0.2) is 13.1 Å². The molecular formula is C26H25N3O7S. The predicted octanol–water partition coefficient (Wildman–Crippen LogP) is 2.43. The molecule has 0 heterocycles. The van der Waals surface area contributed by atoms with Crippen molar-refractivity contribution in [2.45, 2.75) is 30.8 Å². The number of rotatable bonds is 10. The molecule has 3 rings (SSSR count). The Hall–Kier alpha value is -4.51. The third kappa shape index (κ3) is 6.79. The third-order valence-electron chi connectivity index (χ3n) is 5.36. The van der Waals surface area contributed by atoms with Crippen LogP contribution in [-0.4, -0.2) is 49.2 Å². The van der Waals surface area contributed by atoms with Crippen molar-refractivity contribution < 1.29 is 32.7 Å². The highest BCUT2D eigenvalue weighted by atomic mass is 32.2. The Labute approximate surface area is 213 Å². The lowest BCUT2D eigenvalue weighted by Crippen LogP contribution is -2.45. The first-order valence-electron chi connectivity index (χ1n) is 11.2. The summed E-state index contributed by atoms with van der Waals surface area (Å²) in [5.74, 6) is -2.98. The molecule has 0 aliphatic carbocycles. The maximum atomic E-state index is 13.2. The molecule has 3 aromatic rings. The topological polar surface area (TPSA) is 159 Å². The highest BCUT2D eigenvalue weighted by Crippen LogP contribution is 2.21. The monoisotopic (exact) mass is 523 g/mol. The Balaban J connectivity index is 1.73. The van der Waals surface area contributed by atoms with E-state index in [1.54, 1.807) is 30.3 Å². The Morgan fingerprint density at radius 1 is 0.757 bits per heavy atom. The van der Waals surface area contributed by atoms with Gasteiger partial charge < -0.3 is 15.7 Å². The van der Waals surface area contributed by atoms with E-state index >= 15 is 0 Å². The first kappa shape index (κ1) is 27.1. The normalized spacial score (nSPS) is 12.6. The molecule has 37 heavy (non-hydrogen) atoms. The summed E-state index contributed by atoms with van der Waals surface area (Å²) in [6, 6.07) is 17.5. The van der Waals surface area contributed by atoms with Crippen LogP contribution >= 0.6 is 0 Å².